The van der Waals surface area contributed by atoms with Crippen molar-refractivity contribution in [1.82, 2.24) is 0 Å². The fraction of sp³-hybridized carbons (Fsp3) is 0.588. The van der Waals surface area contributed by atoms with E-state index < -0.39 is 6.10 Å². The van der Waals surface area contributed by atoms with Gasteiger partial charge in [0, 0.05) is 31.4 Å². The zero-order chi connectivity index (χ0) is 15.0. The Morgan fingerprint density at radius 2 is 2.10 bits per heavy atom. The quantitative estimate of drug-likeness (QED) is 0.910. The maximum Gasteiger partial charge on any atom is 0.260 e. The smallest absolute Gasteiger partial charge is 0.260 e. The average molecular weight is 288 g/mol. The molecule has 1 aromatic carbocycles. The van der Waals surface area contributed by atoms with E-state index in [4.69, 9.17) is 0 Å². The Balaban J connectivity index is 1.83. The Bertz CT molecular complexity index is 544. The van der Waals surface area contributed by atoms with Crippen molar-refractivity contribution in [3.63, 3.8) is 0 Å². The molecular weight excluding hydrogens is 264 g/mol. The van der Waals surface area contributed by atoms with Crippen molar-refractivity contribution in [3.8, 4) is 0 Å². The summed E-state index contributed by atoms with van der Waals surface area (Å²) in [6.07, 6.45) is 4.06. The van der Waals surface area contributed by atoms with Crippen molar-refractivity contribution >= 4 is 17.3 Å². The van der Waals surface area contributed by atoms with Gasteiger partial charge in [-0.05, 0) is 37.3 Å². The van der Waals surface area contributed by atoms with Crippen LogP contribution in [0.2, 0.25) is 0 Å². The minimum Gasteiger partial charge on any atom is -0.378 e. The van der Waals surface area contributed by atoms with Crippen LogP contribution < -0.4 is 9.80 Å². The fourth-order valence-electron chi connectivity index (χ4n) is 3.52. The van der Waals surface area contributed by atoms with Crippen LogP contribution in [0.15, 0.2) is 18.2 Å². The molecule has 1 amide bonds. The van der Waals surface area contributed by atoms with E-state index in [-0.39, 0.29) is 5.91 Å². The van der Waals surface area contributed by atoms with Gasteiger partial charge in [0.05, 0.1) is 5.69 Å². The van der Waals surface area contributed by atoms with E-state index >= 15 is 0 Å². The molecule has 0 bridgehead atoms. The van der Waals surface area contributed by atoms with Crippen LogP contribution >= 0.6 is 0 Å². The van der Waals surface area contributed by atoms with Crippen molar-refractivity contribution in [2.45, 2.75) is 38.7 Å². The van der Waals surface area contributed by atoms with Crippen LogP contribution in [0.25, 0.3) is 0 Å². The second-order valence-electron chi connectivity index (χ2n) is 6.24. The normalized spacial score (nSPS) is 26.0. The van der Waals surface area contributed by atoms with Crippen LogP contribution in [0.4, 0.5) is 11.4 Å². The van der Waals surface area contributed by atoms with Crippen molar-refractivity contribution in [2.75, 3.05) is 29.9 Å². The summed E-state index contributed by atoms with van der Waals surface area (Å²) < 4.78 is 0. The third-order valence-electron chi connectivity index (χ3n) is 5.02. The molecule has 2 aliphatic rings. The lowest BCUT2D eigenvalue weighted by molar-refractivity contribution is -0.125. The molecule has 4 nitrogen and oxygen atoms in total. The molecule has 1 fully saturated rings. The lowest BCUT2D eigenvalue weighted by Crippen LogP contribution is -2.25. The monoisotopic (exact) mass is 288 g/mol. The SMILES string of the molecule is CCC1CCCN(c2ccc3c(c2)N(C)C(=O)C3O)CC1. The summed E-state index contributed by atoms with van der Waals surface area (Å²) in [7, 11) is 1.73. The van der Waals surface area contributed by atoms with E-state index in [1.807, 2.05) is 12.1 Å². The van der Waals surface area contributed by atoms with E-state index in [1.165, 1.54) is 31.4 Å². The Kier molecular flexibility index (Phi) is 3.89. The number of carbonyl (C=O) groups excluding carboxylic acids is 1. The Morgan fingerprint density at radius 3 is 2.86 bits per heavy atom. The highest BCUT2D eigenvalue weighted by Crippen LogP contribution is 2.38. The summed E-state index contributed by atoms with van der Waals surface area (Å²) in [5, 5.41) is 9.93. The standard InChI is InChI=1S/C17H24N2O2/c1-3-12-5-4-9-19(10-8-12)13-6-7-14-15(11-13)18(2)17(21)16(14)20/h6-7,11-12,16,20H,3-5,8-10H2,1-2H3. The van der Waals surface area contributed by atoms with E-state index in [0.29, 0.717) is 0 Å². The molecule has 4 heteroatoms. The summed E-state index contributed by atoms with van der Waals surface area (Å²) >= 11 is 0. The van der Waals surface area contributed by atoms with Gasteiger partial charge in [0.15, 0.2) is 6.10 Å². The predicted molar refractivity (Wildman–Crippen MR) is 84.7 cm³/mol. The molecule has 0 aromatic heterocycles. The van der Waals surface area contributed by atoms with Gasteiger partial charge in [-0.2, -0.15) is 0 Å². The molecule has 114 valence electrons. The van der Waals surface area contributed by atoms with Gasteiger partial charge in [-0.25, -0.2) is 0 Å². The first-order valence-corrected chi connectivity index (χ1v) is 7.96. The van der Waals surface area contributed by atoms with Gasteiger partial charge in [-0.15, -0.1) is 0 Å². The van der Waals surface area contributed by atoms with Gasteiger partial charge in [0.2, 0.25) is 0 Å². The van der Waals surface area contributed by atoms with Gasteiger partial charge < -0.3 is 14.9 Å². The zero-order valence-electron chi connectivity index (χ0n) is 12.9. The Hall–Kier alpha value is -1.55. The first-order valence-electron chi connectivity index (χ1n) is 7.96. The molecule has 1 saturated heterocycles. The van der Waals surface area contributed by atoms with Crippen molar-refractivity contribution in [1.29, 1.82) is 0 Å². The number of fused-ring (bicyclic) bond motifs is 1. The average Bonchev–Trinajstić information content (AvgIpc) is 2.71. The molecular formula is C17H24N2O2. The third kappa shape index (κ3) is 2.53. The zero-order valence-corrected chi connectivity index (χ0v) is 12.9. The van der Waals surface area contributed by atoms with Crippen LogP contribution in [0.1, 0.15) is 44.3 Å². The fourth-order valence-corrected chi connectivity index (χ4v) is 3.52. The number of hydrogen-bond acceptors (Lipinski definition) is 3. The number of benzene rings is 1. The van der Waals surface area contributed by atoms with Gasteiger partial charge in [0.25, 0.3) is 5.91 Å². The largest absolute Gasteiger partial charge is 0.378 e. The molecule has 2 aliphatic heterocycles. The van der Waals surface area contributed by atoms with E-state index in [1.54, 1.807) is 11.9 Å². The van der Waals surface area contributed by atoms with Crippen LogP contribution in [-0.2, 0) is 4.79 Å². The molecule has 21 heavy (non-hydrogen) atoms. The number of amides is 1. The third-order valence-corrected chi connectivity index (χ3v) is 5.02. The highest BCUT2D eigenvalue weighted by atomic mass is 16.3. The second-order valence-corrected chi connectivity index (χ2v) is 6.24. The Labute approximate surface area is 126 Å². The molecule has 3 rings (SSSR count). The topological polar surface area (TPSA) is 43.8 Å². The summed E-state index contributed by atoms with van der Waals surface area (Å²) in [4.78, 5) is 15.8. The number of carbonyl (C=O) groups is 1. The molecule has 0 spiro atoms. The molecule has 2 atom stereocenters. The highest BCUT2D eigenvalue weighted by molar-refractivity contribution is 6.03. The number of rotatable bonds is 2. The molecule has 0 radical (unpaired) electrons. The van der Waals surface area contributed by atoms with Crippen molar-refractivity contribution in [3.05, 3.63) is 23.8 Å². The second kappa shape index (κ2) is 5.68. The van der Waals surface area contributed by atoms with Gasteiger partial charge in [-0.1, -0.05) is 19.4 Å². The van der Waals surface area contributed by atoms with Gasteiger partial charge in [0.1, 0.15) is 0 Å². The molecule has 2 unspecified atom stereocenters. The van der Waals surface area contributed by atoms with E-state index in [2.05, 4.69) is 17.9 Å². The van der Waals surface area contributed by atoms with Crippen molar-refractivity contribution < 1.29 is 9.90 Å². The predicted octanol–water partition coefficient (Wildman–Crippen LogP) is 2.71. The summed E-state index contributed by atoms with van der Waals surface area (Å²) in [5.74, 6) is 0.611. The molecule has 1 N–H and O–H groups in total. The van der Waals surface area contributed by atoms with Crippen LogP contribution in [-0.4, -0.2) is 31.2 Å². The first kappa shape index (κ1) is 14.4. The molecule has 2 heterocycles. The van der Waals surface area contributed by atoms with Crippen LogP contribution in [0, 0.1) is 5.92 Å². The summed E-state index contributed by atoms with van der Waals surface area (Å²) in [6, 6.07) is 6.00. The number of aliphatic hydroxyl groups is 1. The highest BCUT2D eigenvalue weighted by Gasteiger charge is 2.34. The molecule has 1 aromatic rings. The van der Waals surface area contributed by atoms with Crippen LogP contribution in [0.5, 0.6) is 0 Å². The Morgan fingerprint density at radius 1 is 1.29 bits per heavy atom. The number of aliphatic hydroxyl groups excluding tert-OH is 1. The lowest BCUT2D eigenvalue weighted by Gasteiger charge is -2.24. The molecule has 0 aliphatic carbocycles. The van der Waals surface area contributed by atoms with Crippen molar-refractivity contribution in [2.24, 2.45) is 5.92 Å². The maximum atomic E-state index is 11.8. The van der Waals surface area contributed by atoms with Crippen LogP contribution in [0.3, 0.4) is 0 Å². The first-order chi connectivity index (χ1) is 10.1. The van der Waals surface area contributed by atoms with E-state index in [0.717, 1.165) is 30.3 Å². The summed E-state index contributed by atoms with van der Waals surface area (Å²) in [5.41, 5.74) is 2.74. The van der Waals surface area contributed by atoms with E-state index in [9.17, 15) is 9.90 Å². The number of anilines is 2. The minimum atomic E-state index is -0.993. The van der Waals surface area contributed by atoms with Gasteiger partial charge in [-0.3, -0.25) is 4.79 Å². The van der Waals surface area contributed by atoms with Gasteiger partial charge >= 0.3 is 0 Å². The molecule has 0 saturated carbocycles. The number of likely N-dealkylation sites (N-methyl/N-ethyl adjacent to an activating group) is 1. The lowest BCUT2D eigenvalue weighted by atomic mass is 9.98. The number of hydrogen-bond donors (Lipinski definition) is 1. The minimum absolute atomic E-state index is 0.232. The number of nitrogens with zero attached hydrogens (tertiary/aromatic N) is 2. The maximum absolute atomic E-state index is 11.8. The summed E-state index contributed by atoms with van der Waals surface area (Å²) in [6.45, 7) is 4.44.